The third-order valence-electron chi connectivity index (χ3n) is 2.19. The Morgan fingerprint density at radius 2 is 2.18 bits per heavy atom. The minimum absolute atomic E-state index is 0.0440. The Hall–Kier alpha value is -1.67. The van der Waals surface area contributed by atoms with E-state index in [0.717, 1.165) is 19.0 Å². The lowest BCUT2D eigenvalue weighted by atomic mass is 10.2. The van der Waals surface area contributed by atoms with Crippen LogP contribution in [0.4, 0.5) is 5.69 Å². The Bertz CT molecular complexity index is 539. The Labute approximate surface area is 98.1 Å². The first-order chi connectivity index (χ1) is 7.98. The second-order valence-electron chi connectivity index (χ2n) is 3.72. The molecule has 1 aromatic heterocycles. The van der Waals surface area contributed by atoms with Gasteiger partial charge < -0.3 is 5.11 Å². The topological polar surface area (TPSA) is 108 Å². The number of nitrogens with one attached hydrogen (secondary N) is 2. The summed E-state index contributed by atoms with van der Waals surface area (Å²) in [5.41, 5.74) is -0.186. The molecule has 2 rings (SSSR count). The highest BCUT2D eigenvalue weighted by Crippen LogP contribution is 2.21. The largest absolute Gasteiger partial charge is 0.478 e. The number of carboxylic acids is 1. The molecule has 17 heavy (non-hydrogen) atoms. The van der Waals surface area contributed by atoms with Gasteiger partial charge in [-0.15, -0.1) is 0 Å². The molecule has 8 heteroatoms. The van der Waals surface area contributed by atoms with Gasteiger partial charge in [-0.05, 0) is 18.9 Å². The number of carbonyl (C=O) groups is 1. The molecule has 0 aliphatic heterocycles. The molecule has 0 spiro atoms. The molecule has 0 radical (unpaired) electrons. The highest BCUT2D eigenvalue weighted by atomic mass is 32.2. The molecule has 0 bridgehead atoms. The highest BCUT2D eigenvalue weighted by molar-refractivity contribution is 7.90. The molecular formula is C9H11N3O4S. The average molecular weight is 257 g/mol. The second-order valence-corrected chi connectivity index (χ2v) is 5.17. The van der Waals surface area contributed by atoms with Gasteiger partial charge in [0, 0.05) is 12.2 Å². The fourth-order valence-corrected chi connectivity index (χ4v) is 2.44. The van der Waals surface area contributed by atoms with Gasteiger partial charge in [-0.2, -0.15) is 13.1 Å². The predicted molar refractivity (Wildman–Crippen MR) is 59.9 cm³/mol. The molecule has 92 valence electrons. The number of rotatable bonds is 5. The summed E-state index contributed by atoms with van der Waals surface area (Å²) in [7, 11) is -3.73. The van der Waals surface area contributed by atoms with Gasteiger partial charge in [0.2, 0.25) is 0 Å². The molecule has 0 saturated heterocycles. The smallest absolute Gasteiger partial charge is 0.337 e. The molecule has 1 aliphatic carbocycles. The van der Waals surface area contributed by atoms with E-state index in [2.05, 4.69) is 14.4 Å². The van der Waals surface area contributed by atoms with Gasteiger partial charge in [0.05, 0.1) is 17.4 Å². The zero-order valence-electron chi connectivity index (χ0n) is 8.75. The summed E-state index contributed by atoms with van der Waals surface area (Å²) in [6.07, 6.45) is 4.06. The number of hydrogen-bond donors (Lipinski definition) is 3. The average Bonchev–Trinajstić information content (AvgIpc) is 3.00. The van der Waals surface area contributed by atoms with Crippen LogP contribution in [0.25, 0.3) is 0 Å². The summed E-state index contributed by atoms with van der Waals surface area (Å²) in [4.78, 5) is 14.5. The van der Waals surface area contributed by atoms with Gasteiger partial charge in [0.25, 0.3) is 10.2 Å². The van der Waals surface area contributed by atoms with Crippen molar-refractivity contribution in [2.24, 2.45) is 0 Å². The van der Waals surface area contributed by atoms with Crippen molar-refractivity contribution < 1.29 is 18.3 Å². The van der Waals surface area contributed by atoms with Crippen LogP contribution in [-0.2, 0) is 10.2 Å². The van der Waals surface area contributed by atoms with Gasteiger partial charge in [-0.3, -0.25) is 9.71 Å². The molecule has 1 fully saturated rings. The number of aromatic carboxylic acids is 1. The minimum Gasteiger partial charge on any atom is -0.478 e. The third-order valence-corrected chi connectivity index (χ3v) is 3.33. The molecule has 7 nitrogen and oxygen atoms in total. The van der Waals surface area contributed by atoms with Crippen LogP contribution in [0.5, 0.6) is 0 Å². The number of anilines is 1. The van der Waals surface area contributed by atoms with E-state index < -0.39 is 16.2 Å². The molecule has 0 aromatic carbocycles. The van der Waals surface area contributed by atoms with E-state index >= 15 is 0 Å². The summed E-state index contributed by atoms with van der Waals surface area (Å²) in [5, 5.41) is 8.87. The first kappa shape index (κ1) is 11.8. The van der Waals surface area contributed by atoms with Crippen LogP contribution in [0.3, 0.4) is 0 Å². The monoisotopic (exact) mass is 257 g/mol. The lowest BCUT2D eigenvalue weighted by Gasteiger charge is -2.09. The zero-order chi connectivity index (χ0) is 12.5. The van der Waals surface area contributed by atoms with Gasteiger partial charge in [0.15, 0.2) is 0 Å². The van der Waals surface area contributed by atoms with Crippen molar-refractivity contribution >= 4 is 21.9 Å². The first-order valence-electron chi connectivity index (χ1n) is 4.95. The third kappa shape index (κ3) is 3.14. The van der Waals surface area contributed by atoms with Crippen LogP contribution in [0.2, 0.25) is 0 Å². The van der Waals surface area contributed by atoms with Crippen LogP contribution in [-0.4, -0.2) is 30.5 Å². The summed E-state index contributed by atoms with van der Waals surface area (Å²) in [6, 6.07) is 1.19. The van der Waals surface area contributed by atoms with Crippen LogP contribution < -0.4 is 9.44 Å². The van der Waals surface area contributed by atoms with Gasteiger partial charge in [-0.25, -0.2) is 4.79 Å². The Kier molecular flexibility index (Phi) is 2.99. The van der Waals surface area contributed by atoms with Crippen molar-refractivity contribution in [3.8, 4) is 0 Å². The first-order valence-corrected chi connectivity index (χ1v) is 6.43. The fourth-order valence-electron chi connectivity index (χ4n) is 1.26. The van der Waals surface area contributed by atoms with Crippen LogP contribution in [0.1, 0.15) is 23.2 Å². The number of hydrogen-bond acceptors (Lipinski definition) is 4. The molecule has 3 N–H and O–H groups in total. The minimum atomic E-state index is -3.73. The van der Waals surface area contributed by atoms with E-state index in [9.17, 15) is 13.2 Å². The maximum Gasteiger partial charge on any atom is 0.337 e. The Balaban J connectivity index is 2.20. The van der Waals surface area contributed by atoms with Crippen molar-refractivity contribution in [3.63, 3.8) is 0 Å². The van der Waals surface area contributed by atoms with Gasteiger partial charge >= 0.3 is 5.97 Å². The van der Waals surface area contributed by atoms with Crippen LogP contribution >= 0.6 is 0 Å². The number of pyridine rings is 1. The molecule has 1 aromatic rings. The van der Waals surface area contributed by atoms with Crippen LogP contribution in [0, 0.1) is 0 Å². The Morgan fingerprint density at radius 3 is 2.76 bits per heavy atom. The maximum atomic E-state index is 11.6. The van der Waals surface area contributed by atoms with Crippen LogP contribution in [0.15, 0.2) is 18.5 Å². The number of aromatic nitrogens is 1. The normalized spacial score (nSPS) is 15.5. The molecule has 0 amide bonds. The van der Waals surface area contributed by atoms with E-state index in [4.69, 9.17) is 5.11 Å². The lowest BCUT2D eigenvalue weighted by molar-refractivity contribution is 0.0698. The molecule has 1 saturated carbocycles. The highest BCUT2D eigenvalue weighted by Gasteiger charge is 2.27. The summed E-state index contributed by atoms with van der Waals surface area (Å²) < 4.78 is 27.7. The molecular weight excluding hydrogens is 246 g/mol. The van der Waals surface area contributed by atoms with E-state index in [1.807, 2.05) is 0 Å². The van der Waals surface area contributed by atoms with Crippen molar-refractivity contribution in [3.05, 3.63) is 24.0 Å². The van der Waals surface area contributed by atoms with E-state index in [-0.39, 0.29) is 17.3 Å². The number of nitrogens with zero attached hydrogens (tertiary/aromatic N) is 1. The van der Waals surface area contributed by atoms with Gasteiger partial charge in [-0.1, -0.05) is 0 Å². The molecule has 0 atom stereocenters. The second kappa shape index (κ2) is 4.30. The standard InChI is InChI=1S/C9H11N3O4S/c13-9(14)7-3-4-10-5-8(7)12-17(15,16)11-6-1-2-6/h3-6,11-12H,1-2H2,(H,13,14). The van der Waals surface area contributed by atoms with E-state index in [1.54, 1.807) is 0 Å². The number of carboxylic acid groups (broad SMARTS) is 1. The quantitative estimate of drug-likeness (QED) is 0.697. The van der Waals surface area contributed by atoms with E-state index in [1.165, 1.54) is 12.3 Å². The van der Waals surface area contributed by atoms with E-state index in [0.29, 0.717) is 0 Å². The maximum absolute atomic E-state index is 11.6. The van der Waals surface area contributed by atoms with Crippen molar-refractivity contribution in [1.82, 2.24) is 9.71 Å². The molecule has 1 heterocycles. The fraction of sp³-hybridized carbons (Fsp3) is 0.333. The SMILES string of the molecule is O=C(O)c1ccncc1NS(=O)(=O)NC1CC1. The zero-order valence-corrected chi connectivity index (χ0v) is 9.57. The molecule has 1 aliphatic rings. The predicted octanol–water partition coefficient (Wildman–Crippen LogP) is 0.188. The Morgan fingerprint density at radius 1 is 1.47 bits per heavy atom. The van der Waals surface area contributed by atoms with Crippen molar-refractivity contribution in [2.75, 3.05) is 4.72 Å². The van der Waals surface area contributed by atoms with Crippen molar-refractivity contribution in [2.45, 2.75) is 18.9 Å². The lowest BCUT2D eigenvalue weighted by Crippen LogP contribution is -2.32. The van der Waals surface area contributed by atoms with Gasteiger partial charge in [0.1, 0.15) is 0 Å². The summed E-state index contributed by atoms with van der Waals surface area (Å²) in [6.45, 7) is 0. The summed E-state index contributed by atoms with van der Waals surface area (Å²) in [5.74, 6) is -1.21. The summed E-state index contributed by atoms with van der Waals surface area (Å²) >= 11 is 0. The molecule has 0 unspecified atom stereocenters. The van der Waals surface area contributed by atoms with Crippen molar-refractivity contribution in [1.29, 1.82) is 0 Å².